The molecule has 2 aromatic rings. The first-order valence-electron chi connectivity index (χ1n) is 10.1. The molecule has 1 fully saturated rings. The standard InChI is InChI=1S/C11H15F2NO2S.C7H10N2O3.3C2H2/c1-3-6-14(17(2,15)16)8-9-7-10(12)4-5-11(9)13;1-9-7(11)12-6(8-9)4-2-5(10)3-4;3*1-2/h4-5,7H,3,6,8H2,1-2H3;4-5,10H,2-3H2,1H3;3*1-2H. The molecule has 0 aliphatic heterocycles. The van der Waals surface area contributed by atoms with E-state index in [9.17, 15) is 22.0 Å². The van der Waals surface area contributed by atoms with Gasteiger partial charge in [0.2, 0.25) is 15.9 Å². The lowest BCUT2D eigenvalue weighted by atomic mass is 9.82. The Morgan fingerprint density at radius 3 is 2.11 bits per heavy atom. The van der Waals surface area contributed by atoms with E-state index in [1.807, 2.05) is 6.92 Å². The molecule has 1 aromatic heterocycles. The van der Waals surface area contributed by atoms with E-state index in [4.69, 9.17) is 9.52 Å². The summed E-state index contributed by atoms with van der Waals surface area (Å²) < 4.78 is 56.3. The van der Waals surface area contributed by atoms with Gasteiger partial charge in [-0.3, -0.25) is 0 Å². The van der Waals surface area contributed by atoms with Crippen LogP contribution in [-0.4, -0.2) is 46.5 Å². The van der Waals surface area contributed by atoms with Crippen molar-refractivity contribution in [3.8, 4) is 38.5 Å². The summed E-state index contributed by atoms with van der Waals surface area (Å²) in [7, 11) is -1.86. The van der Waals surface area contributed by atoms with E-state index in [2.05, 4.69) is 43.6 Å². The largest absolute Gasteiger partial charge is 0.436 e. The lowest BCUT2D eigenvalue weighted by Gasteiger charge is -2.27. The third-order valence-corrected chi connectivity index (χ3v) is 5.71. The smallest absolute Gasteiger partial charge is 0.393 e. The number of halogens is 2. The van der Waals surface area contributed by atoms with Crippen molar-refractivity contribution in [2.24, 2.45) is 7.05 Å². The first-order valence-corrected chi connectivity index (χ1v) is 12.0. The minimum atomic E-state index is -3.41. The van der Waals surface area contributed by atoms with Crippen LogP contribution in [0.3, 0.4) is 0 Å². The van der Waals surface area contributed by atoms with Crippen LogP contribution < -0.4 is 5.76 Å². The molecule has 0 spiro atoms. The molecular weight excluding hydrogens is 480 g/mol. The summed E-state index contributed by atoms with van der Waals surface area (Å²) in [4.78, 5) is 10.8. The normalized spacial score (nSPS) is 15.8. The molecule has 0 bridgehead atoms. The maximum absolute atomic E-state index is 13.4. The fourth-order valence-electron chi connectivity index (χ4n) is 2.79. The van der Waals surface area contributed by atoms with Crippen molar-refractivity contribution in [1.82, 2.24) is 14.1 Å². The first kappa shape index (κ1) is 33.7. The SMILES string of the molecule is C#C.C#C.C#C.CCCN(Cc1cc(F)ccc1F)S(C)(=O)=O.Cn1nc(C2CC(O)C2)oc1=O. The van der Waals surface area contributed by atoms with Gasteiger partial charge in [0.25, 0.3) is 0 Å². The van der Waals surface area contributed by atoms with E-state index in [1.54, 1.807) is 7.05 Å². The zero-order valence-corrected chi connectivity index (χ0v) is 20.8. The van der Waals surface area contributed by atoms with Crippen molar-refractivity contribution in [3.63, 3.8) is 0 Å². The molecular formula is C24H31F2N3O5S. The molecule has 1 aliphatic rings. The lowest BCUT2D eigenvalue weighted by Crippen LogP contribution is -2.30. The Kier molecular flexibility index (Phi) is 16.5. The van der Waals surface area contributed by atoms with Gasteiger partial charge in [0.15, 0.2) is 0 Å². The van der Waals surface area contributed by atoms with Gasteiger partial charge in [-0.2, -0.15) is 8.99 Å². The second-order valence-electron chi connectivity index (χ2n) is 6.98. The summed E-state index contributed by atoms with van der Waals surface area (Å²) in [5, 5.41) is 12.9. The Morgan fingerprint density at radius 2 is 1.71 bits per heavy atom. The number of benzene rings is 1. The van der Waals surface area contributed by atoms with Crippen LogP contribution in [0.1, 0.15) is 43.6 Å². The predicted octanol–water partition coefficient (Wildman–Crippen LogP) is 2.50. The molecule has 35 heavy (non-hydrogen) atoms. The van der Waals surface area contributed by atoms with E-state index in [1.165, 1.54) is 4.68 Å². The van der Waals surface area contributed by atoms with Crippen LogP contribution in [0.4, 0.5) is 8.78 Å². The zero-order chi connectivity index (χ0) is 27.8. The monoisotopic (exact) mass is 511 g/mol. The van der Waals surface area contributed by atoms with Crippen molar-refractivity contribution in [2.75, 3.05) is 12.8 Å². The molecule has 1 aromatic carbocycles. The van der Waals surface area contributed by atoms with Crippen molar-refractivity contribution < 1.29 is 26.7 Å². The Labute approximate surface area is 206 Å². The Bertz CT molecular complexity index is 1100. The fraction of sp³-hybridized carbons (Fsp3) is 0.417. The predicted molar refractivity (Wildman–Crippen MR) is 131 cm³/mol. The summed E-state index contributed by atoms with van der Waals surface area (Å²) >= 11 is 0. The topological polar surface area (TPSA) is 106 Å². The van der Waals surface area contributed by atoms with Gasteiger partial charge in [-0.25, -0.2) is 22.0 Å². The van der Waals surface area contributed by atoms with Gasteiger partial charge in [-0.1, -0.05) is 6.92 Å². The van der Waals surface area contributed by atoms with E-state index < -0.39 is 27.4 Å². The summed E-state index contributed by atoms with van der Waals surface area (Å²) in [5.41, 5.74) is 0.0453. The average molecular weight is 512 g/mol. The highest BCUT2D eigenvalue weighted by molar-refractivity contribution is 7.88. The molecule has 1 saturated carbocycles. The van der Waals surface area contributed by atoms with Crippen molar-refractivity contribution in [2.45, 2.75) is 44.8 Å². The van der Waals surface area contributed by atoms with E-state index in [0.717, 1.165) is 28.8 Å². The first-order chi connectivity index (χ1) is 16.5. The Balaban J connectivity index is 0. The maximum Gasteiger partial charge on any atom is 0.436 e. The quantitative estimate of drug-likeness (QED) is 0.598. The summed E-state index contributed by atoms with van der Waals surface area (Å²) in [6.07, 6.45) is 26.7. The van der Waals surface area contributed by atoms with E-state index >= 15 is 0 Å². The van der Waals surface area contributed by atoms with Crippen molar-refractivity contribution in [3.05, 3.63) is 51.8 Å². The molecule has 8 nitrogen and oxygen atoms in total. The molecule has 0 saturated heterocycles. The van der Waals surface area contributed by atoms with Crippen LogP contribution in [0.15, 0.2) is 27.4 Å². The van der Waals surface area contributed by atoms with E-state index in [0.29, 0.717) is 25.2 Å². The minimum Gasteiger partial charge on any atom is -0.393 e. The number of terminal acetylenes is 3. The number of nitrogens with zero attached hydrogens (tertiary/aromatic N) is 3. The molecule has 0 amide bonds. The number of aliphatic hydroxyl groups excluding tert-OH is 1. The molecule has 0 unspecified atom stereocenters. The molecule has 0 atom stereocenters. The molecule has 3 rings (SSSR count). The number of sulfonamides is 1. The Morgan fingerprint density at radius 1 is 1.17 bits per heavy atom. The second kappa shape index (κ2) is 17.1. The van der Waals surface area contributed by atoms with Crippen LogP contribution in [-0.2, 0) is 23.6 Å². The molecule has 192 valence electrons. The molecule has 1 aliphatic carbocycles. The number of aliphatic hydroxyl groups is 1. The maximum atomic E-state index is 13.4. The van der Waals surface area contributed by atoms with Gasteiger partial charge in [0, 0.05) is 31.6 Å². The molecule has 1 N–H and O–H groups in total. The summed E-state index contributed by atoms with van der Waals surface area (Å²) in [5.74, 6) is -1.03. The highest BCUT2D eigenvalue weighted by Crippen LogP contribution is 2.34. The summed E-state index contributed by atoms with van der Waals surface area (Å²) in [6.45, 7) is 1.96. The number of rotatable bonds is 6. The van der Waals surface area contributed by atoms with Gasteiger partial charge >= 0.3 is 5.76 Å². The second-order valence-corrected chi connectivity index (χ2v) is 8.97. The van der Waals surface area contributed by atoms with Crippen LogP contribution in [0, 0.1) is 50.2 Å². The van der Waals surface area contributed by atoms with Crippen LogP contribution >= 0.6 is 0 Å². The van der Waals surface area contributed by atoms with Gasteiger partial charge in [0.1, 0.15) is 11.6 Å². The molecule has 1 heterocycles. The van der Waals surface area contributed by atoms with Crippen LogP contribution in [0.2, 0.25) is 0 Å². The number of aromatic nitrogens is 2. The van der Waals surface area contributed by atoms with Gasteiger partial charge in [0.05, 0.1) is 12.4 Å². The van der Waals surface area contributed by atoms with Crippen molar-refractivity contribution in [1.29, 1.82) is 0 Å². The molecule has 11 heteroatoms. The Hall–Kier alpha value is -3.43. The van der Waals surface area contributed by atoms with Gasteiger partial charge in [-0.15, -0.1) is 43.6 Å². The molecule has 0 radical (unpaired) electrons. The highest BCUT2D eigenvalue weighted by Gasteiger charge is 2.32. The minimum absolute atomic E-state index is 0.0453. The van der Waals surface area contributed by atoms with Gasteiger partial charge < -0.3 is 9.52 Å². The number of hydrogen-bond acceptors (Lipinski definition) is 6. The lowest BCUT2D eigenvalue weighted by molar-refractivity contribution is 0.0643. The number of aryl methyl sites for hydroxylation is 1. The average Bonchev–Trinajstić information content (AvgIpc) is 3.15. The number of hydrogen-bond donors (Lipinski definition) is 1. The third-order valence-electron chi connectivity index (χ3n) is 4.46. The van der Waals surface area contributed by atoms with Crippen LogP contribution in [0.5, 0.6) is 0 Å². The fourth-order valence-corrected chi connectivity index (χ4v) is 3.67. The van der Waals surface area contributed by atoms with Gasteiger partial charge in [-0.05, 0) is 37.5 Å². The highest BCUT2D eigenvalue weighted by atomic mass is 32.2. The summed E-state index contributed by atoms with van der Waals surface area (Å²) in [6, 6.07) is 3.02. The van der Waals surface area contributed by atoms with E-state index in [-0.39, 0.29) is 30.7 Å². The van der Waals surface area contributed by atoms with Crippen LogP contribution in [0.25, 0.3) is 0 Å². The third kappa shape index (κ3) is 11.5. The zero-order valence-electron chi connectivity index (χ0n) is 20.0. The van der Waals surface area contributed by atoms with Crippen molar-refractivity contribution >= 4 is 10.0 Å².